The first-order valence-electron chi connectivity index (χ1n) is 6.65. The predicted octanol–water partition coefficient (Wildman–Crippen LogP) is 4.77. The molecule has 116 valence electrons. The molecule has 2 N–H and O–H groups in total. The fourth-order valence-electron chi connectivity index (χ4n) is 1.75. The fourth-order valence-corrected chi connectivity index (χ4v) is 2.09. The first-order valence-corrected chi connectivity index (χ1v) is 7.41. The quantitative estimate of drug-likeness (QED) is 0.789. The molecule has 0 radical (unpaired) electrons. The van der Waals surface area contributed by atoms with Crippen molar-refractivity contribution >= 4 is 34.9 Å². The molecule has 0 saturated heterocycles. The Morgan fingerprint density at radius 3 is 2.59 bits per heavy atom. The second-order valence-electron chi connectivity index (χ2n) is 4.79. The van der Waals surface area contributed by atoms with Crippen molar-refractivity contribution in [1.82, 2.24) is 5.32 Å². The lowest BCUT2D eigenvalue weighted by Crippen LogP contribution is -2.32. The average molecular weight is 339 g/mol. The van der Waals surface area contributed by atoms with Crippen molar-refractivity contribution in [3.8, 4) is 5.75 Å². The molecule has 2 rings (SSSR count). The summed E-state index contributed by atoms with van der Waals surface area (Å²) in [6.45, 7) is 4.08. The van der Waals surface area contributed by atoms with E-state index in [1.807, 2.05) is 32.0 Å². The van der Waals surface area contributed by atoms with Crippen molar-refractivity contribution in [3.63, 3.8) is 0 Å². The summed E-state index contributed by atoms with van der Waals surface area (Å²) in [5.74, 6) is 0.698. The van der Waals surface area contributed by atoms with E-state index < -0.39 is 6.03 Å². The Bertz CT molecular complexity index is 690. The zero-order chi connectivity index (χ0) is 16.1. The topological polar surface area (TPSA) is 50.4 Å². The summed E-state index contributed by atoms with van der Waals surface area (Å²) in [6, 6.07) is 10.2. The highest BCUT2D eigenvalue weighted by Crippen LogP contribution is 2.25. The van der Waals surface area contributed by atoms with Crippen LogP contribution in [0.15, 0.2) is 36.4 Å². The molecule has 0 aliphatic heterocycles. The van der Waals surface area contributed by atoms with Crippen LogP contribution in [-0.4, -0.2) is 12.8 Å². The van der Waals surface area contributed by atoms with Gasteiger partial charge in [0, 0.05) is 5.02 Å². The van der Waals surface area contributed by atoms with E-state index in [1.165, 1.54) is 5.56 Å². The van der Waals surface area contributed by atoms with Crippen molar-refractivity contribution in [2.24, 2.45) is 0 Å². The summed E-state index contributed by atoms with van der Waals surface area (Å²) < 4.78 is 5.47. The van der Waals surface area contributed by atoms with Crippen LogP contribution in [0.2, 0.25) is 10.0 Å². The Hall–Kier alpha value is -1.91. The van der Waals surface area contributed by atoms with E-state index in [-0.39, 0.29) is 6.73 Å². The molecule has 0 aromatic heterocycles. The maximum atomic E-state index is 11.8. The number of aryl methyl sites for hydroxylation is 2. The number of urea groups is 1. The Morgan fingerprint density at radius 2 is 1.86 bits per heavy atom. The second kappa shape index (κ2) is 7.38. The standard InChI is InChI=1S/C16H16Cl2N2O2/c1-10-3-5-13(7-11(10)2)22-9-19-16(21)20-15-8-12(17)4-6-14(15)18/h3-8H,9H2,1-2H3,(H2,19,20,21). The SMILES string of the molecule is Cc1ccc(OCNC(=O)Nc2cc(Cl)ccc2Cl)cc1C. The Balaban J connectivity index is 1.85. The number of nitrogens with one attached hydrogen (secondary N) is 2. The molecule has 0 bridgehead atoms. The molecule has 2 amide bonds. The number of hydrogen-bond acceptors (Lipinski definition) is 2. The van der Waals surface area contributed by atoms with Crippen LogP contribution in [0.1, 0.15) is 11.1 Å². The minimum atomic E-state index is -0.423. The van der Waals surface area contributed by atoms with Gasteiger partial charge in [-0.15, -0.1) is 0 Å². The van der Waals surface area contributed by atoms with Crippen LogP contribution in [0.25, 0.3) is 0 Å². The van der Waals surface area contributed by atoms with Gasteiger partial charge in [-0.05, 0) is 55.3 Å². The summed E-state index contributed by atoms with van der Waals surface area (Å²) in [6.07, 6.45) is 0. The van der Waals surface area contributed by atoms with Gasteiger partial charge in [0.05, 0.1) is 10.7 Å². The molecule has 0 unspecified atom stereocenters. The zero-order valence-electron chi connectivity index (χ0n) is 12.2. The van der Waals surface area contributed by atoms with Gasteiger partial charge in [-0.1, -0.05) is 29.3 Å². The maximum absolute atomic E-state index is 11.8. The molecule has 6 heteroatoms. The lowest BCUT2D eigenvalue weighted by atomic mass is 10.1. The molecule has 2 aromatic carbocycles. The third-order valence-electron chi connectivity index (χ3n) is 3.13. The molecule has 0 fully saturated rings. The zero-order valence-corrected chi connectivity index (χ0v) is 13.8. The van der Waals surface area contributed by atoms with Crippen LogP contribution in [-0.2, 0) is 0 Å². The molecular formula is C16H16Cl2N2O2. The van der Waals surface area contributed by atoms with Gasteiger partial charge < -0.3 is 15.4 Å². The van der Waals surface area contributed by atoms with Crippen molar-refractivity contribution in [1.29, 1.82) is 0 Å². The summed E-state index contributed by atoms with van der Waals surface area (Å²) >= 11 is 11.8. The van der Waals surface area contributed by atoms with Gasteiger partial charge in [0.1, 0.15) is 5.75 Å². The molecular weight excluding hydrogens is 323 g/mol. The normalized spacial score (nSPS) is 10.2. The number of rotatable bonds is 4. The maximum Gasteiger partial charge on any atom is 0.321 e. The van der Waals surface area contributed by atoms with E-state index in [4.69, 9.17) is 27.9 Å². The summed E-state index contributed by atoms with van der Waals surface area (Å²) in [4.78, 5) is 11.8. The number of hydrogen-bond donors (Lipinski definition) is 2. The molecule has 0 saturated carbocycles. The predicted molar refractivity (Wildman–Crippen MR) is 90.0 cm³/mol. The summed E-state index contributed by atoms with van der Waals surface area (Å²) in [5, 5.41) is 6.10. The van der Waals surface area contributed by atoms with Gasteiger partial charge in [-0.3, -0.25) is 0 Å². The van der Waals surface area contributed by atoms with Gasteiger partial charge in [-0.25, -0.2) is 4.79 Å². The van der Waals surface area contributed by atoms with Gasteiger partial charge in [-0.2, -0.15) is 0 Å². The number of anilines is 1. The van der Waals surface area contributed by atoms with Crippen LogP contribution >= 0.6 is 23.2 Å². The second-order valence-corrected chi connectivity index (χ2v) is 5.63. The minimum Gasteiger partial charge on any atom is -0.473 e. The lowest BCUT2D eigenvalue weighted by Gasteiger charge is -2.11. The fraction of sp³-hybridized carbons (Fsp3) is 0.188. The lowest BCUT2D eigenvalue weighted by molar-refractivity contribution is 0.234. The first kappa shape index (κ1) is 16.5. The van der Waals surface area contributed by atoms with Crippen molar-refractivity contribution < 1.29 is 9.53 Å². The van der Waals surface area contributed by atoms with Crippen LogP contribution in [0, 0.1) is 13.8 Å². The number of ether oxygens (including phenoxy) is 1. The average Bonchev–Trinajstić information content (AvgIpc) is 2.47. The van der Waals surface area contributed by atoms with E-state index in [0.29, 0.717) is 21.5 Å². The van der Waals surface area contributed by atoms with Crippen LogP contribution in [0.4, 0.5) is 10.5 Å². The van der Waals surface area contributed by atoms with Gasteiger partial charge in [0.25, 0.3) is 0 Å². The third-order valence-corrected chi connectivity index (χ3v) is 3.69. The van der Waals surface area contributed by atoms with E-state index in [9.17, 15) is 4.79 Å². The highest BCUT2D eigenvalue weighted by molar-refractivity contribution is 6.35. The Morgan fingerprint density at radius 1 is 1.09 bits per heavy atom. The summed E-state index contributed by atoms with van der Waals surface area (Å²) in [5.41, 5.74) is 2.76. The molecule has 2 aromatic rings. The Kier molecular flexibility index (Phi) is 5.52. The number of benzene rings is 2. The van der Waals surface area contributed by atoms with Gasteiger partial charge in [0.2, 0.25) is 0 Å². The highest BCUT2D eigenvalue weighted by atomic mass is 35.5. The number of carbonyl (C=O) groups excluding carboxylic acids is 1. The largest absolute Gasteiger partial charge is 0.473 e. The van der Waals surface area contributed by atoms with Gasteiger partial charge in [0.15, 0.2) is 6.73 Å². The van der Waals surface area contributed by atoms with Crippen molar-refractivity contribution in [2.45, 2.75) is 13.8 Å². The minimum absolute atomic E-state index is 0.0481. The van der Waals surface area contributed by atoms with Gasteiger partial charge >= 0.3 is 6.03 Å². The first-order chi connectivity index (χ1) is 10.5. The van der Waals surface area contributed by atoms with E-state index in [0.717, 1.165) is 5.56 Å². The van der Waals surface area contributed by atoms with E-state index in [1.54, 1.807) is 18.2 Å². The summed E-state index contributed by atoms with van der Waals surface area (Å²) in [7, 11) is 0. The number of carbonyl (C=O) groups is 1. The van der Waals surface area contributed by atoms with E-state index in [2.05, 4.69) is 10.6 Å². The van der Waals surface area contributed by atoms with Crippen molar-refractivity contribution in [3.05, 3.63) is 57.6 Å². The van der Waals surface area contributed by atoms with Crippen molar-refractivity contribution in [2.75, 3.05) is 12.0 Å². The molecule has 0 aliphatic rings. The van der Waals surface area contributed by atoms with Crippen LogP contribution in [0.3, 0.4) is 0 Å². The molecule has 0 spiro atoms. The number of halogens is 2. The van der Waals surface area contributed by atoms with Crippen LogP contribution in [0.5, 0.6) is 5.75 Å². The molecule has 0 aliphatic carbocycles. The molecule has 4 nitrogen and oxygen atoms in total. The van der Waals surface area contributed by atoms with E-state index >= 15 is 0 Å². The molecule has 22 heavy (non-hydrogen) atoms. The monoisotopic (exact) mass is 338 g/mol. The smallest absolute Gasteiger partial charge is 0.321 e. The highest BCUT2D eigenvalue weighted by Gasteiger charge is 2.06. The number of amides is 2. The third kappa shape index (κ3) is 4.55. The molecule has 0 atom stereocenters. The van der Waals surface area contributed by atoms with Crippen LogP contribution < -0.4 is 15.4 Å². The molecule has 0 heterocycles. The Labute approximate surface area is 139 Å².